The van der Waals surface area contributed by atoms with E-state index in [2.05, 4.69) is 10.3 Å². The number of nitrogens with one attached hydrogen (secondary N) is 1. The Hall–Kier alpha value is -3.29. The summed E-state index contributed by atoms with van der Waals surface area (Å²) in [7, 11) is 3.56. The number of hydrogen-bond donors (Lipinski definition) is 1. The van der Waals surface area contributed by atoms with Crippen molar-refractivity contribution < 1.29 is 9.59 Å². The highest BCUT2D eigenvalue weighted by molar-refractivity contribution is 6.06. The number of likely N-dealkylation sites (tertiary alicyclic amines) is 1. The molecule has 1 saturated heterocycles. The maximum absolute atomic E-state index is 12.7. The van der Waals surface area contributed by atoms with Crippen LogP contribution in [0.5, 0.6) is 0 Å². The topological polar surface area (TPSA) is 93.0 Å². The Balaban J connectivity index is 1.38. The maximum atomic E-state index is 12.7. The molecule has 1 N–H and O–H groups in total. The van der Waals surface area contributed by atoms with Gasteiger partial charge in [0.05, 0.1) is 23.1 Å². The van der Waals surface area contributed by atoms with E-state index in [0.717, 1.165) is 53.8 Å². The lowest BCUT2D eigenvalue weighted by molar-refractivity contribution is -0.131. The monoisotopic (exact) mass is 432 g/mol. The molecule has 0 unspecified atom stereocenters. The SMILES string of the molecule is CNC(=O)c1cc(C2CC2)nc2c1c(C1CCN(C(=O)Cc3ccccn3)CC1)nn2C. The molecule has 5 rings (SSSR count). The van der Waals surface area contributed by atoms with Crippen molar-refractivity contribution in [3.8, 4) is 0 Å². The third-order valence-electron chi connectivity index (χ3n) is 6.60. The Kier molecular flexibility index (Phi) is 5.36. The van der Waals surface area contributed by atoms with E-state index in [1.54, 1.807) is 13.2 Å². The number of fused-ring (bicyclic) bond motifs is 1. The molecule has 32 heavy (non-hydrogen) atoms. The highest BCUT2D eigenvalue weighted by Gasteiger charge is 2.32. The van der Waals surface area contributed by atoms with Crippen molar-refractivity contribution in [2.45, 2.75) is 43.9 Å². The van der Waals surface area contributed by atoms with Crippen LogP contribution < -0.4 is 5.32 Å². The molecule has 2 fully saturated rings. The Labute approximate surface area is 187 Å². The molecule has 0 bridgehead atoms. The van der Waals surface area contributed by atoms with Crippen LogP contribution in [-0.4, -0.2) is 56.6 Å². The van der Waals surface area contributed by atoms with Gasteiger partial charge in [-0.1, -0.05) is 6.07 Å². The number of nitrogens with zero attached hydrogens (tertiary/aromatic N) is 5. The number of carbonyl (C=O) groups excluding carboxylic acids is 2. The zero-order valence-electron chi connectivity index (χ0n) is 18.5. The quantitative estimate of drug-likeness (QED) is 0.669. The first kappa shape index (κ1) is 20.6. The number of hydrogen-bond acceptors (Lipinski definition) is 5. The second-order valence-electron chi connectivity index (χ2n) is 8.81. The molecule has 8 nitrogen and oxygen atoms in total. The largest absolute Gasteiger partial charge is 0.355 e. The van der Waals surface area contributed by atoms with Gasteiger partial charge < -0.3 is 10.2 Å². The first-order chi connectivity index (χ1) is 15.5. The summed E-state index contributed by atoms with van der Waals surface area (Å²) >= 11 is 0. The first-order valence-electron chi connectivity index (χ1n) is 11.3. The van der Waals surface area contributed by atoms with Crippen LogP contribution in [0.2, 0.25) is 0 Å². The average Bonchev–Trinajstić information content (AvgIpc) is 3.62. The van der Waals surface area contributed by atoms with Crippen molar-refractivity contribution in [1.82, 2.24) is 30.0 Å². The maximum Gasteiger partial charge on any atom is 0.251 e. The summed E-state index contributed by atoms with van der Waals surface area (Å²) in [5, 5.41) is 8.45. The molecule has 1 aliphatic heterocycles. The minimum atomic E-state index is -0.100. The van der Waals surface area contributed by atoms with E-state index in [4.69, 9.17) is 10.1 Å². The smallest absolute Gasteiger partial charge is 0.251 e. The molecule has 8 heteroatoms. The van der Waals surface area contributed by atoms with Gasteiger partial charge in [0.15, 0.2) is 5.65 Å². The summed E-state index contributed by atoms with van der Waals surface area (Å²) in [5.74, 6) is 0.649. The fraction of sp³-hybridized carbons (Fsp3) is 0.458. The van der Waals surface area contributed by atoms with Crippen molar-refractivity contribution >= 4 is 22.8 Å². The van der Waals surface area contributed by atoms with Crippen molar-refractivity contribution in [1.29, 1.82) is 0 Å². The predicted molar refractivity (Wildman–Crippen MR) is 120 cm³/mol. The van der Waals surface area contributed by atoms with Gasteiger partial charge in [-0.2, -0.15) is 5.10 Å². The van der Waals surface area contributed by atoms with Gasteiger partial charge in [0.2, 0.25) is 5.91 Å². The minimum absolute atomic E-state index is 0.100. The van der Waals surface area contributed by atoms with Gasteiger partial charge in [-0.15, -0.1) is 0 Å². The van der Waals surface area contributed by atoms with Gasteiger partial charge in [-0.25, -0.2) is 4.98 Å². The first-order valence-corrected chi connectivity index (χ1v) is 11.3. The van der Waals surface area contributed by atoms with Crippen LogP contribution in [0, 0.1) is 0 Å². The van der Waals surface area contributed by atoms with E-state index in [1.807, 2.05) is 40.9 Å². The summed E-state index contributed by atoms with van der Waals surface area (Å²) in [5.41, 5.74) is 4.14. The van der Waals surface area contributed by atoms with Crippen molar-refractivity contribution in [2.24, 2.45) is 7.05 Å². The molecule has 0 atom stereocenters. The lowest BCUT2D eigenvalue weighted by atomic mass is 9.90. The van der Waals surface area contributed by atoms with Gasteiger partial charge in [0, 0.05) is 56.6 Å². The fourth-order valence-corrected chi connectivity index (χ4v) is 4.66. The van der Waals surface area contributed by atoms with Gasteiger partial charge >= 0.3 is 0 Å². The molecule has 0 radical (unpaired) electrons. The lowest BCUT2D eigenvalue weighted by Crippen LogP contribution is -2.39. The molecule has 4 heterocycles. The Morgan fingerprint density at radius 2 is 1.91 bits per heavy atom. The van der Waals surface area contributed by atoms with Crippen LogP contribution in [0.3, 0.4) is 0 Å². The molecule has 2 aliphatic rings. The number of amides is 2. The van der Waals surface area contributed by atoms with E-state index in [-0.39, 0.29) is 17.7 Å². The Morgan fingerprint density at radius 3 is 2.56 bits per heavy atom. The number of pyridine rings is 2. The summed E-state index contributed by atoms with van der Waals surface area (Å²) in [6.07, 6.45) is 5.93. The lowest BCUT2D eigenvalue weighted by Gasteiger charge is -2.31. The second-order valence-corrected chi connectivity index (χ2v) is 8.81. The molecule has 1 saturated carbocycles. The molecule has 0 spiro atoms. The van der Waals surface area contributed by atoms with Gasteiger partial charge in [0.1, 0.15) is 0 Å². The van der Waals surface area contributed by atoms with Gasteiger partial charge in [-0.05, 0) is 43.9 Å². The third kappa shape index (κ3) is 3.85. The van der Waals surface area contributed by atoms with Gasteiger partial charge in [0.25, 0.3) is 5.91 Å². The van der Waals surface area contributed by atoms with Gasteiger partial charge in [-0.3, -0.25) is 19.3 Å². The molecule has 166 valence electrons. The van der Waals surface area contributed by atoms with E-state index < -0.39 is 0 Å². The van der Waals surface area contributed by atoms with Crippen LogP contribution >= 0.6 is 0 Å². The van der Waals surface area contributed by atoms with Crippen LogP contribution in [-0.2, 0) is 18.3 Å². The van der Waals surface area contributed by atoms with Crippen molar-refractivity contribution in [3.63, 3.8) is 0 Å². The highest BCUT2D eigenvalue weighted by Crippen LogP contribution is 2.41. The van der Waals surface area contributed by atoms with E-state index in [1.165, 1.54) is 0 Å². The molecular weight excluding hydrogens is 404 g/mol. The summed E-state index contributed by atoms with van der Waals surface area (Å²) in [6, 6.07) is 7.59. The minimum Gasteiger partial charge on any atom is -0.355 e. The third-order valence-corrected chi connectivity index (χ3v) is 6.60. The van der Waals surface area contributed by atoms with E-state index in [0.29, 0.717) is 31.0 Å². The van der Waals surface area contributed by atoms with Crippen molar-refractivity contribution in [3.05, 3.63) is 53.1 Å². The molecule has 1 aliphatic carbocycles. The number of rotatable bonds is 5. The van der Waals surface area contributed by atoms with Crippen LogP contribution in [0.1, 0.15) is 65.0 Å². The summed E-state index contributed by atoms with van der Waals surface area (Å²) in [6.45, 7) is 1.36. The van der Waals surface area contributed by atoms with Crippen LogP contribution in [0.15, 0.2) is 30.5 Å². The average molecular weight is 433 g/mol. The Morgan fingerprint density at radius 1 is 1.12 bits per heavy atom. The molecule has 2 amide bonds. The molecule has 3 aromatic heterocycles. The molecule has 3 aromatic rings. The Bertz CT molecular complexity index is 1160. The molecular formula is C24H28N6O2. The van der Waals surface area contributed by atoms with Crippen LogP contribution in [0.4, 0.5) is 0 Å². The zero-order valence-corrected chi connectivity index (χ0v) is 18.5. The second kappa shape index (κ2) is 8.33. The summed E-state index contributed by atoms with van der Waals surface area (Å²) in [4.78, 5) is 36.5. The number of aryl methyl sites for hydroxylation is 1. The zero-order chi connectivity index (χ0) is 22.2. The van der Waals surface area contributed by atoms with Crippen LogP contribution in [0.25, 0.3) is 11.0 Å². The standard InChI is InChI=1S/C24H28N6O2/c1-25-24(32)18-14-19(15-6-7-15)27-23-21(18)22(28-29(23)2)16-8-11-30(12-9-16)20(31)13-17-5-3-4-10-26-17/h3-5,10,14-16H,6-9,11-13H2,1-2H3,(H,25,32). The molecule has 0 aromatic carbocycles. The normalized spacial score (nSPS) is 17.0. The number of aromatic nitrogens is 4. The fourth-order valence-electron chi connectivity index (χ4n) is 4.66. The predicted octanol–water partition coefficient (Wildman–Crippen LogP) is 2.55. The van der Waals surface area contributed by atoms with Crippen molar-refractivity contribution in [2.75, 3.05) is 20.1 Å². The van der Waals surface area contributed by atoms with E-state index in [9.17, 15) is 9.59 Å². The summed E-state index contributed by atoms with van der Waals surface area (Å²) < 4.78 is 1.81. The number of piperidine rings is 1. The highest BCUT2D eigenvalue weighted by atomic mass is 16.2. The van der Waals surface area contributed by atoms with E-state index >= 15 is 0 Å². The number of carbonyl (C=O) groups is 2.